The van der Waals surface area contributed by atoms with Crippen molar-refractivity contribution >= 4 is 45.0 Å². The Morgan fingerprint density at radius 2 is 1.49 bits per heavy atom. The molecule has 1 aliphatic carbocycles. The Balaban J connectivity index is 1.27. The van der Waals surface area contributed by atoms with Crippen LogP contribution in [0.1, 0.15) is 33.6 Å². The monoisotopic (exact) mass is 495 g/mol. The Labute approximate surface area is 214 Å². The number of rotatable bonds is 4. The van der Waals surface area contributed by atoms with E-state index < -0.39 is 0 Å². The number of hydrogen-bond donors (Lipinski definition) is 0. The molecule has 0 radical (unpaired) electrons. The highest BCUT2D eigenvalue weighted by atomic mass is 16.2. The van der Waals surface area contributed by atoms with Crippen LogP contribution in [0.3, 0.4) is 0 Å². The van der Waals surface area contributed by atoms with E-state index in [4.69, 9.17) is 0 Å². The number of hydrogen-bond acceptors (Lipinski definition) is 5. The molecule has 188 valence electrons. The molecule has 1 aromatic heterocycles. The van der Waals surface area contributed by atoms with Gasteiger partial charge >= 0.3 is 5.69 Å². The van der Waals surface area contributed by atoms with Crippen LogP contribution >= 0.6 is 0 Å². The molecule has 2 fully saturated rings. The molecule has 2 aliphatic heterocycles. The standard InChI is InChI=1S/C29H29N5O3/c1-30-24-10-8-19(16-25(24)31(2)29(30)37)34-27(35)21-5-3-4-20-23(11-9-22(26(20)21)28(34)36)33-14-12-32(13-15-33)17-18-6-7-18/h3-5,8-11,16,18H,6-7,12-15,17H2,1-2H3. The van der Waals surface area contributed by atoms with Gasteiger partial charge in [-0.1, -0.05) is 12.1 Å². The van der Waals surface area contributed by atoms with E-state index in [1.54, 1.807) is 36.9 Å². The molecule has 3 aliphatic rings. The molecule has 2 amide bonds. The summed E-state index contributed by atoms with van der Waals surface area (Å²) in [5.41, 5.74) is 3.87. The molecule has 0 atom stereocenters. The van der Waals surface area contributed by atoms with Crippen molar-refractivity contribution in [1.29, 1.82) is 0 Å². The highest BCUT2D eigenvalue weighted by Gasteiger charge is 2.35. The minimum atomic E-state index is -0.338. The zero-order valence-corrected chi connectivity index (χ0v) is 21.1. The number of fused-ring (bicyclic) bond motifs is 1. The number of carbonyl (C=O) groups excluding carboxylic acids is 2. The summed E-state index contributed by atoms with van der Waals surface area (Å²) in [4.78, 5) is 46.1. The Morgan fingerprint density at radius 3 is 2.22 bits per heavy atom. The minimum absolute atomic E-state index is 0.153. The zero-order valence-electron chi connectivity index (χ0n) is 21.1. The van der Waals surface area contributed by atoms with Crippen LogP contribution in [-0.2, 0) is 14.1 Å². The second-order valence-corrected chi connectivity index (χ2v) is 10.6. The molecular formula is C29H29N5O3. The Kier molecular flexibility index (Phi) is 4.85. The topological polar surface area (TPSA) is 70.8 Å². The summed E-state index contributed by atoms with van der Waals surface area (Å²) in [5.74, 6) is 0.212. The number of aryl methyl sites for hydroxylation is 2. The highest BCUT2D eigenvalue weighted by molar-refractivity contribution is 6.36. The number of carbonyl (C=O) groups is 2. The SMILES string of the molecule is Cn1c(=O)n(C)c2cc(N3C(=O)c4cccc5c(N6CCN(CC7CC7)CC6)ccc(c45)C3=O)ccc21. The summed E-state index contributed by atoms with van der Waals surface area (Å²) < 4.78 is 3.09. The van der Waals surface area contributed by atoms with Crippen LogP contribution in [-0.4, -0.2) is 58.6 Å². The first kappa shape index (κ1) is 22.3. The number of benzene rings is 3. The maximum absolute atomic E-state index is 13.8. The van der Waals surface area contributed by atoms with Crippen molar-refractivity contribution in [3.63, 3.8) is 0 Å². The van der Waals surface area contributed by atoms with E-state index in [0.29, 0.717) is 22.3 Å². The molecule has 3 heterocycles. The molecule has 0 unspecified atom stereocenters. The fourth-order valence-corrected chi connectivity index (χ4v) is 6.06. The van der Waals surface area contributed by atoms with Crippen molar-refractivity contribution in [2.75, 3.05) is 42.5 Å². The molecule has 4 aromatic rings. The molecular weight excluding hydrogens is 466 g/mol. The first-order chi connectivity index (χ1) is 17.9. The summed E-state index contributed by atoms with van der Waals surface area (Å²) in [6, 6.07) is 14.9. The molecule has 3 aromatic carbocycles. The van der Waals surface area contributed by atoms with E-state index in [2.05, 4.69) is 9.80 Å². The number of piperazine rings is 1. The minimum Gasteiger partial charge on any atom is -0.368 e. The van der Waals surface area contributed by atoms with Gasteiger partial charge in [-0.05, 0) is 55.2 Å². The molecule has 8 heteroatoms. The van der Waals surface area contributed by atoms with Crippen LogP contribution in [0.5, 0.6) is 0 Å². The van der Waals surface area contributed by atoms with Gasteiger partial charge in [0.15, 0.2) is 0 Å². The average Bonchev–Trinajstić information content (AvgIpc) is 3.71. The van der Waals surface area contributed by atoms with Gasteiger partial charge in [-0.15, -0.1) is 0 Å². The van der Waals surface area contributed by atoms with E-state index in [1.165, 1.54) is 28.9 Å². The van der Waals surface area contributed by atoms with Gasteiger partial charge in [-0.2, -0.15) is 0 Å². The van der Waals surface area contributed by atoms with Crippen LogP contribution in [0.25, 0.3) is 21.8 Å². The Bertz CT molecular complexity index is 1650. The van der Waals surface area contributed by atoms with Crippen LogP contribution in [0.2, 0.25) is 0 Å². The summed E-state index contributed by atoms with van der Waals surface area (Å²) in [5, 5.41) is 1.69. The predicted octanol–water partition coefficient (Wildman–Crippen LogP) is 3.36. The normalized spacial score (nSPS) is 18.4. The lowest BCUT2D eigenvalue weighted by Crippen LogP contribution is -2.47. The highest BCUT2D eigenvalue weighted by Crippen LogP contribution is 2.38. The van der Waals surface area contributed by atoms with E-state index in [1.807, 2.05) is 30.3 Å². The molecule has 0 N–H and O–H groups in total. The quantitative estimate of drug-likeness (QED) is 0.406. The van der Waals surface area contributed by atoms with E-state index >= 15 is 0 Å². The molecule has 37 heavy (non-hydrogen) atoms. The van der Waals surface area contributed by atoms with Gasteiger partial charge in [0.25, 0.3) is 11.8 Å². The number of anilines is 2. The maximum Gasteiger partial charge on any atom is 0.328 e. The summed E-state index contributed by atoms with van der Waals surface area (Å²) in [6.45, 7) is 5.16. The maximum atomic E-state index is 13.8. The van der Waals surface area contributed by atoms with Gasteiger partial charge in [0.1, 0.15) is 0 Å². The Hall–Kier alpha value is -3.91. The van der Waals surface area contributed by atoms with Gasteiger partial charge < -0.3 is 4.90 Å². The lowest BCUT2D eigenvalue weighted by atomic mass is 9.92. The third-order valence-corrected chi connectivity index (χ3v) is 8.32. The molecule has 0 bridgehead atoms. The number of nitrogens with zero attached hydrogens (tertiary/aromatic N) is 5. The number of amides is 2. The predicted molar refractivity (Wildman–Crippen MR) is 145 cm³/mol. The third kappa shape index (κ3) is 3.35. The fourth-order valence-electron chi connectivity index (χ4n) is 6.06. The van der Waals surface area contributed by atoms with Gasteiger partial charge in [-0.3, -0.25) is 23.6 Å². The number of aromatic nitrogens is 2. The van der Waals surface area contributed by atoms with Gasteiger partial charge in [0.2, 0.25) is 0 Å². The molecule has 0 spiro atoms. The van der Waals surface area contributed by atoms with Crippen molar-refractivity contribution < 1.29 is 9.59 Å². The Morgan fingerprint density at radius 1 is 0.784 bits per heavy atom. The number of imidazole rings is 1. The third-order valence-electron chi connectivity index (χ3n) is 8.32. The summed E-state index contributed by atoms with van der Waals surface area (Å²) in [7, 11) is 3.40. The van der Waals surface area contributed by atoms with E-state index in [0.717, 1.165) is 54.1 Å². The van der Waals surface area contributed by atoms with Gasteiger partial charge in [0.05, 0.1) is 16.7 Å². The van der Waals surface area contributed by atoms with E-state index in [9.17, 15) is 14.4 Å². The second kappa shape index (κ2) is 8.05. The van der Waals surface area contributed by atoms with Crippen molar-refractivity contribution in [2.45, 2.75) is 12.8 Å². The van der Waals surface area contributed by atoms with Crippen molar-refractivity contribution in [1.82, 2.24) is 14.0 Å². The molecule has 8 nitrogen and oxygen atoms in total. The number of imide groups is 1. The molecule has 1 saturated heterocycles. The second-order valence-electron chi connectivity index (χ2n) is 10.6. The molecule has 1 saturated carbocycles. The van der Waals surface area contributed by atoms with E-state index in [-0.39, 0.29) is 17.5 Å². The summed E-state index contributed by atoms with van der Waals surface area (Å²) >= 11 is 0. The molecule has 7 rings (SSSR count). The van der Waals surface area contributed by atoms with Crippen molar-refractivity contribution in [3.8, 4) is 0 Å². The lowest BCUT2D eigenvalue weighted by Gasteiger charge is -2.37. The largest absolute Gasteiger partial charge is 0.368 e. The van der Waals surface area contributed by atoms with Crippen LogP contribution < -0.4 is 15.5 Å². The van der Waals surface area contributed by atoms with Crippen molar-refractivity contribution in [3.05, 3.63) is 70.1 Å². The fraction of sp³-hybridized carbons (Fsp3) is 0.345. The lowest BCUT2D eigenvalue weighted by molar-refractivity contribution is 0.0893. The first-order valence-corrected chi connectivity index (χ1v) is 13.0. The summed E-state index contributed by atoms with van der Waals surface area (Å²) in [6.07, 6.45) is 2.73. The zero-order chi connectivity index (χ0) is 25.4. The average molecular weight is 496 g/mol. The van der Waals surface area contributed by atoms with Crippen LogP contribution in [0.15, 0.2) is 53.3 Å². The van der Waals surface area contributed by atoms with Gasteiger partial charge in [0, 0.05) is 74.4 Å². The first-order valence-electron chi connectivity index (χ1n) is 13.0. The van der Waals surface area contributed by atoms with Crippen LogP contribution in [0.4, 0.5) is 11.4 Å². The van der Waals surface area contributed by atoms with Crippen LogP contribution in [0, 0.1) is 5.92 Å². The smallest absolute Gasteiger partial charge is 0.328 e. The van der Waals surface area contributed by atoms with Gasteiger partial charge in [-0.25, -0.2) is 9.69 Å². The van der Waals surface area contributed by atoms with Crippen molar-refractivity contribution in [2.24, 2.45) is 20.0 Å².